The maximum Gasteiger partial charge on any atom is 0.0594 e. The summed E-state index contributed by atoms with van der Waals surface area (Å²) in [5.41, 5.74) is 0. The lowest BCUT2D eigenvalue weighted by Gasteiger charge is -2.30. The third-order valence-electron chi connectivity index (χ3n) is 7.32. The topological polar surface area (TPSA) is 46.1 Å². The second-order valence-electron chi connectivity index (χ2n) is 9.67. The van der Waals surface area contributed by atoms with Crippen LogP contribution in [0.15, 0.2) is 0 Å². The van der Waals surface area contributed by atoms with E-state index in [0.29, 0.717) is 6.16 Å². The van der Waals surface area contributed by atoms with Crippen molar-refractivity contribution in [1.82, 2.24) is 0 Å². The van der Waals surface area contributed by atoms with Gasteiger partial charge in [-0.1, -0.05) is 79.3 Å². The first-order valence-electron chi connectivity index (χ1n) is 14.6. The number of hydrogen-bond donors (Lipinski definition) is 0. The average Bonchev–Trinajstić information content (AvgIpc) is 2.84. The molecule has 0 rings (SSSR count). The van der Waals surface area contributed by atoms with E-state index in [1.54, 1.807) is 24.6 Å². The van der Waals surface area contributed by atoms with Gasteiger partial charge in [0, 0.05) is 14.5 Å². The molecular weight excluding hydrogens is 461 g/mol. The minimum absolute atomic E-state index is 0.353. The van der Waals surface area contributed by atoms with Gasteiger partial charge in [0.05, 0.1) is 49.3 Å². The summed E-state index contributed by atoms with van der Waals surface area (Å²) < 4.78 is 0. The van der Waals surface area contributed by atoms with E-state index in [1.165, 1.54) is 76.0 Å². The molecule has 0 aromatic carbocycles. The summed E-state index contributed by atoms with van der Waals surface area (Å²) in [7, 11) is -3.09. The fourth-order valence-electron chi connectivity index (χ4n) is 4.20. The third kappa shape index (κ3) is 23.4. The second kappa shape index (κ2) is 27.8. The van der Waals surface area contributed by atoms with Crippen LogP contribution in [0.25, 0.3) is 0 Å². The van der Waals surface area contributed by atoms with E-state index >= 15 is 0 Å². The van der Waals surface area contributed by atoms with Gasteiger partial charge in [0.15, 0.2) is 0 Å². The Hall–Kier alpha value is 1.21. The van der Waals surface area contributed by atoms with Crippen molar-refractivity contribution in [3.63, 3.8) is 0 Å². The molecule has 0 N–H and O–H groups in total. The molecule has 0 unspecified atom stereocenters. The van der Waals surface area contributed by atoms with Crippen LogP contribution >= 0.6 is 22.9 Å². The van der Waals surface area contributed by atoms with E-state index in [0.717, 1.165) is 12.8 Å². The molecule has 0 amide bonds. The lowest BCUT2D eigenvalue weighted by atomic mass is 10.4. The van der Waals surface area contributed by atoms with Crippen molar-refractivity contribution in [1.29, 1.82) is 0 Å². The van der Waals surface area contributed by atoms with Gasteiger partial charge in [-0.2, -0.15) is 0 Å². The van der Waals surface area contributed by atoms with E-state index < -0.39 is 22.9 Å². The Bertz CT molecular complexity index is 309. The zero-order valence-electron chi connectivity index (χ0n) is 24.6. The van der Waals surface area contributed by atoms with Gasteiger partial charge in [0.25, 0.3) is 0 Å². The van der Waals surface area contributed by atoms with Gasteiger partial charge in [0.1, 0.15) is 0 Å². The van der Waals surface area contributed by atoms with Crippen molar-refractivity contribution in [2.75, 3.05) is 55.5 Å². The highest BCUT2D eigenvalue weighted by atomic mass is 31.2. The number of unbranched alkanes of at least 4 members (excludes halogenated alkanes) is 5. The highest BCUT2D eigenvalue weighted by Crippen LogP contribution is 2.60. The summed E-state index contributed by atoms with van der Waals surface area (Å²) in [5.74, 6) is 0. The molecule has 0 radical (unpaired) electrons. The Balaban J connectivity index is -0.000000429. The van der Waals surface area contributed by atoms with Crippen LogP contribution in [-0.4, -0.2) is 55.5 Å². The lowest BCUT2D eigenvalue weighted by Crippen LogP contribution is -2.10. The van der Waals surface area contributed by atoms with E-state index in [4.69, 9.17) is 0 Å². The lowest BCUT2D eigenvalue weighted by molar-refractivity contribution is -0.292. The predicted molar refractivity (Wildman–Crippen MR) is 162 cm³/mol. The maximum absolute atomic E-state index is 9.80. The van der Waals surface area contributed by atoms with E-state index in [2.05, 4.69) is 55.4 Å². The number of hydrogen-bond acceptors (Lipinski definition) is 2. The molecule has 33 heavy (non-hydrogen) atoms. The van der Waals surface area contributed by atoms with Crippen LogP contribution < -0.4 is 9.79 Å². The smallest absolute Gasteiger partial charge is 0.0594 e. The van der Waals surface area contributed by atoms with Crippen molar-refractivity contribution < 1.29 is 9.79 Å². The molecule has 0 fully saturated rings. The van der Waals surface area contributed by atoms with Gasteiger partial charge in [0.2, 0.25) is 0 Å². The van der Waals surface area contributed by atoms with Gasteiger partial charge >= 0.3 is 0 Å². The first kappa shape index (κ1) is 38.7. The van der Waals surface area contributed by atoms with Crippen molar-refractivity contribution in [3.8, 4) is 0 Å². The van der Waals surface area contributed by atoms with Crippen molar-refractivity contribution >= 4 is 22.9 Å². The minimum atomic E-state index is -2.11. The second-order valence-corrected chi connectivity index (χ2v) is 20.5. The quantitative estimate of drug-likeness (QED) is 0.158. The average molecular weight is 527 g/mol. The molecule has 0 aliphatic heterocycles. The molecule has 0 aliphatic rings. The van der Waals surface area contributed by atoms with Crippen LogP contribution in [0.2, 0.25) is 0 Å². The SMILES string of the molecule is CCCCP([O-])[O-].CCCC[P+](CC)(CC)CCCC.CCCC[P+](CC)(CC)CCCC. The van der Waals surface area contributed by atoms with Gasteiger partial charge in [-0.3, -0.25) is 0 Å². The largest absolute Gasteiger partial charge is 0.842 e. The number of rotatable bonds is 19. The first-order chi connectivity index (χ1) is 15.8. The van der Waals surface area contributed by atoms with Crippen molar-refractivity contribution in [2.45, 2.75) is 127 Å². The fraction of sp³-hybridized carbons (Fsp3) is 1.00. The van der Waals surface area contributed by atoms with Crippen molar-refractivity contribution in [2.24, 2.45) is 0 Å². The van der Waals surface area contributed by atoms with Crippen LogP contribution in [0.3, 0.4) is 0 Å². The Labute approximate surface area is 214 Å². The van der Waals surface area contributed by atoms with Crippen LogP contribution in [0.1, 0.15) is 127 Å². The van der Waals surface area contributed by atoms with Crippen LogP contribution in [-0.2, 0) is 0 Å². The minimum Gasteiger partial charge on any atom is -0.842 e. The molecule has 0 aromatic rings. The summed E-state index contributed by atoms with van der Waals surface area (Å²) in [4.78, 5) is 19.6. The molecule has 0 aliphatic carbocycles. The van der Waals surface area contributed by atoms with Crippen LogP contribution in [0.5, 0.6) is 0 Å². The molecule has 2 nitrogen and oxygen atoms in total. The van der Waals surface area contributed by atoms with E-state index in [9.17, 15) is 9.79 Å². The van der Waals surface area contributed by atoms with Crippen LogP contribution in [0.4, 0.5) is 0 Å². The molecule has 0 saturated heterocycles. The van der Waals surface area contributed by atoms with Gasteiger partial charge < -0.3 is 18.2 Å². The zero-order valence-corrected chi connectivity index (χ0v) is 27.3. The molecule has 0 heterocycles. The van der Waals surface area contributed by atoms with E-state index in [1.807, 2.05) is 6.92 Å². The normalized spacial score (nSPS) is 11.6. The summed E-state index contributed by atoms with van der Waals surface area (Å²) in [6, 6.07) is 0. The van der Waals surface area contributed by atoms with Crippen LogP contribution in [0, 0.1) is 0 Å². The Morgan fingerprint density at radius 2 is 0.667 bits per heavy atom. The van der Waals surface area contributed by atoms with Gasteiger partial charge in [-0.25, -0.2) is 0 Å². The Kier molecular flexibility index (Phi) is 32.6. The molecule has 5 heteroatoms. The molecular formula is C28H65O2P3. The summed E-state index contributed by atoms with van der Waals surface area (Å²) in [6.07, 6.45) is 25.8. The maximum atomic E-state index is 9.80. The zero-order chi connectivity index (χ0) is 26.0. The molecule has 0 saturated carbocycles. The molecule has 0 aromatic heterocycles. The fourth-order valence-corrected chi connectivity index (χ4v) is 12.6. The molecule has 204 valence electrons. The summed E-state index contributed by atoms with van der Waals surface area (Å²) in [5, 5.41) is 0. The monoisotopic (exact) mass is 526 g/mol. The Morgan fingerprint density at radius 3 is 0.788 bits per heavy atom. The van der Waals surface area contributed by atoms with E-state index in [-0.39, 0.29) is 0 Å². The third-order valence-corrected chi connectivity index (χ3v) is 18.4. The summed E-state index contributed by atoms with van der Waals surface area (Å²) in [6.45, 7) is 20.9. The molecule has 0 spiro atoms. The highest BCUT2D eigenvalue weighted by Gasteiger charge is 2.32. The highest BCUT2D eigenvalue weighted by molar-refractivity contribution is 7.76. The van der Waals surface area contributed by atoms with Gasteiger partial charge in [-0.05, 0) is 53.4 Å². The Morgan fingerprint density at radius 1 is 0.424 bits per heavy atom. The van der Waals surface area contributed by atoms with Crippen molar-refractivity contribution in [3.05, 3.63) is 0 Å². The predicted octanol–water partition coefficient (Wildman–Crippen LogP) is 9.11. The standard InChI is InChI=1S/2C12H28P.C4H9O2P/c2*1-5-9-11-13(7-3,8-4)12-10-6-2;1-2-3-4-7(5)6/h2*5-12H2,1-4H3;2-4H2,1H3/q2*+1;-2. The molecule has 0 atom stereocenters. The van der Waals surface area contributed by atoms with Gasteiger partial charge in [-0.15, -0.1) is 0 Å². The summed E-state index contributed by atoms with van der Waals surface area (Å²) >= 11 is 0. The first-order valence-corrected chi connectivity index (χ1v) is 21.0. The molecule has 0 bridgehead atoms.